The van der Waals surface area contributed by atoms with E-state index in [0.29, 0.717) is 0 Å². The topological polar surface area (TPSA) is 72.0 Å². The number of aromatic nitrogens is 1. The maximum Gasteiger partial charge on any atom is 0.433 e. The van der Waals surface area contributed by atoms with Crippen LogP contribution in [0, 0.1) is 5.41 Å². The van der Waals surface area contributed by atoms with Crippen molar-refractivity contribution in [2.45, 2.75) is 45.2 Å². The molecule has 0 saturated heterocycles. The molecule has 0 spiro atoms. The van der Waals surface area contributed by atoms with Crippen molar-refractivity contribution in [1.29, 1.82) is 5.41 Å². The van der Waals surface area contributed by atoms with Gasteiger partial charge in [0, 0.05) is 0 Å². The van der Waals surface area contributed by atoms with Gasteiger partial charge in [-0.05, 0) is 18.6 Å². The SMILES string of the molecule is CCCCCCCOc1nc(C(F)(F)F)ccc1C(=N)N. The molecular weight excluding hydrogens is 283 g/mol. The minimum absolute atomic E-state index is 0.0801. The molecule has 0 amide bonds. The van der Waals surface area contributed by atoms with Crippen molar-refractivity contribution in [1.82, 2.24) is 4.98 Å². The Morgan fingerprint density at radius 1 is 1.24 bits per heavy atom. The summed E-state index contributed by atoms with van der Waals surface area (Å²) >= 11 is 0. The number of amidine groups is 1. The third-order valence-electron chi connectivity index (χ3n) is 2.93. The Balaban J connectivity index is 2.71. The van der Waals surface area contributed by atoms with Gasteiger partial charge in [-0.3, -0.25) is 5.41 Å². The van der Waals surface area contributed by atoms with Gasteiger partial charge in [-0.2, -0.15) is 13.2 Å². The molecule has 1 aromatic rings. The second-order valence-electron chi connectivity index (χ2n) is 4.72. The quantitative estimate of drug-likeness (QED) is 0.436. The number of rotatable bonds is 8. The number of nitrogen functional groups attached to an aromatic ring is 1. The van der Waals surface area contributed by atoms with E-state index >= 15 is 0 Å². The van der Waals surface area contributed by atoms with E-state index in [-0.39, 0.29) is 23.9 Å². The maximum atomic E-state index is 12.6. The number of pyridine rings is 1. The van der Waals surface area contributed by atoms with Gasteiger partial charge in [0.05, 0.1) is 12.2 Å². The Hall–Kier alpha value is -1.79. The number of hydrogen-bond donors (Lipinski definition) is 2. The molecule has 1 aromatic heterocycles. The van der Waals surface area contributed by atoms with Crippen LogP contribution in [0.2, 0.25) is 0 Å². The van der Waals surface area contributed by atoms with E-state index in [0.717, 1.165) is 44.2 Å². The summed E-state index contributed by atoms with van der Waals surface area (Å²) in [6.45, 7) is 2.36. The van der Waals surface area contributed by atoms with Crippen LogP contribution in [-0.4, -0.2) is 17.4 Å². The first-order chi connectivity index (χ1) is 9.86. The van der Waals surface area contributed by atoms with Crippen LogP contribution in [0.3, 0.4) is 0 Å². The zero-order chi connectivity index (χ0) is 15.9. The molecule has 0 aliphatic heterocycles. The van der Waals surface area contributed by atoms with Crippen molar-refractivity contribution in [3.8, 4) is 5.88 Å². The molecule has 0 saturated carbocycles. The summed E-state index contributed by atoms with van der Waals surface area (Å²) in [7, 11) is 0. The number of nitrogens with one attached hydrogen (secondary N) is 1. The smallest absolute Gasteiger partial charge is 0.433 e. The van der Waals surface area contributed by atoms with Gasteiger partial charge in [0.2, 0.25) is 5.88 Å². The van der Waals surface area contributed by atoms with Crippen molar-refractivity contribution in [2.24, 2.45) is 5.73 Å². The molecule has 1 heterocycles. The van der Waals surface area contributed by atoms with E-state index in [9.17, 15) is 13.2 Å². The lowest BCUT2D eigenvalue weighted by atomic mass is 10.2. The van der Waals surface area contributed by atoms with Crippen molar-refractivity contribution in [3.63, 3.8) is 0 Å². The van der Waals surface area contributed by atoms with Gasteiger partial charge < -0.3 is 10.5 Å². The van der Waals surface area contributed by atoms with Crippen LogP contribution in [-0.2, 0) is 6.18 Å². The Labute approximate surface area is 122 Å². The van der Waals surface area contributed by atoms with Gasteiger partial charge in [0.25, 0.3) is 0 Å². The van der Waals surface area contributed by atoms with Crippen molar-refractivity contribution < 1.29 is 17.9 Å². The second-order valence-corrected chi connectivity index (χ2v) is 4.72. The summed E-state index contributed by atoms with van der Waals surface area (Å²) in [4.78, 5) is 3.43. The Bertz CT molecular complexity index is 475. The highest BCUT2D eigenvalue weighted by atomic mass is 19.4. The molecule has 21 heavy (non-hydrogen) atoms. The Morgan fingerprint density at radius 3 is 2.48 bits per heavy atom. The largest absolute Gasteiger partial charge is 0.477 e. The summed E-state index contributed by atoms with van der Waals surface area (Å²) in [5, 5.41) is 7.35. The average molecular weight is 303 g/mol. The molecule has 0 unspecified atom stereocenters. The molecule has 1 rings (SSSR count). The molecule has 0 aliphatic carbocycles. The van der Waals surface area contributed by atoms with Gasteiger partial charge in [-0.25, -0.2) is 4.98 Å². The van der Waals surface area contributed by atoms with E-state index in [2.05, 4.69) is 11.9 Å². The highest BCUT2D eigenvalue weighted by molar-refractivity contribution is 5.97. The number of hydrogen-bond acceptors (Lipinski definition) is 3. The molecule has 0 radical (unpaired) electrons. The molecule has 0 fully saturated rings. The minimum atomic E-state index is -4.55. The lowest BCUT2D eigenvalue weighted by Crippen LogP contribution is -2.17. The predicted molar refractivity (Wildman–Crippen MR) is 74.5 cm³/mol. The number of halogens is 3. The van der Waals surface area contributed by atoms with Crippen LogP contribution in [0.5, 0.6) is 5.88 Å². The van der Waals surface area contributed by atoms with Gasteiger partial charge >= 0.3 is 6.18 Å². The summed E-state index contributed by atoms with van der Waals surface area (Å²) in [6, 6.07) is 1.91. The van der Waals surface area contributed by atoms with Gasteiger partial charge in [-0.1, -0.05) is 32.6 Å². The number of ether oxygens (including phenoxy) is 1. The first-order valence-electron chi connectivity index (χ1n) is 6.91. The lowest BCUT2D eigenvalue weighted by Gasteiger charge is -2.12. The standard InChI is InChI=1S/C14H20F3N3O/c1-2-3-4-5-6-9-21-13-10(12(18)19)7-8-11(20-13)14(15,16)17/h7-8H,2-6,9H2,1H3,(H3,18,19). The summed E-state index contributed by atoms with van der Waals surface area (Å²) in [6.07, 6.45) is 0.437. The fourth-order valence-electron chi connectivity index (χ4n) is 1.79. The van der Waals surface area contributed by atoms with Gasteiger partial charge in [0.15, 0.2) is 0 Å². The minimum Gasteiger partial charge on any atom is -0.477 e. The van der Waals surface area contributed by atoms with Crippen LogP contribution < -0.4 is 10.5 Å². The molecule has 0 aliphatic rings. The van der Waals surface area contributed by atoms with E-state index in [1.54, 1.807) is 0 Å². The van der Waals surface area contributed by atoms with E-state index in [1.807, 2.05) is 0 Å². The number of alkyl halides is 3. The molecule has 0 bridgehead atoms. The predicted octanol–water partition coefficient (Wildman–Crippen LogP) is 3.73. The van der Waals surface area contributed by atoms with Crippen LogP contribution in [0.15, 0.2) is 12.1 Å². The molecule has 4 nitrogen and oxygen atoms in total. The highest BCUT2D eigenvalue weighted by Gasteiger charge is 2.33. The van der Waals surface area contributed by atoms with E-state index < -0.39 is 11.9 Å². The van der Waals surface area contributed by atoms with E-state index in [4.69, 9.17) is 15.9 Å². The van der Waals surface area contributed by atoms with Crippen LogP contribution in [0.4, 0.5) is 13.2 Å². The van der Waals surface area contributed by atoms with Crippen LogP contribution in [0.25, 0.3) is 0 Å². The third kappa shape index (κ3) is 5.61. The summed E-state index contributed by atoms with van der Waals surface area (Å²) in [5.41, 5.74) is 4.36. The van der Waals surface area contributed by atoms with Gasteiger partial charge in [0.1, 0.15) is 11.5 Å². The molecule has 118 valence electrons. The molecular formula is C14H20F3N3O. The average Bonchev–Trinajstić information content (AvgIpc) is 2.41. The number of nitrogens with two attached hydrogens (primary N) is 1. The molecule has 0 atom stereocenters. The zero-order valence-electron chi connectivity index (χ0n) is 12.0. The van der Waals surface area contributed by atoms with Crippen LogP contribution in [0.1, 0.15) is 50.3 Å². The monoisotopic (exact) mass is 303 g/mol. The maximum absolute atomic E-state index is 12.6. The van der Waals surface area contributed by atoms with Crippen molar-refractivity contribution in [3.05, 3.63) is 23.4 Å². The summed E-state index contributed by atoms with van der Waals surface area (Å²) in [5.74, 6) is -0.593. The molecule has 3 N–H and O–H groups in total. The van der Waals surface area contributed by atoms with Crippen molar-refractivity contribution >= 4 is 5.84 Å². The molecule has 7 heteroatoms. The molecule has 0 aromatic carbocycles. The number of unbranched alkanes of at least 4 members (excludes halogenated alkanes) is 4. The fraction of sp³-hybridized carbons (Fsp3) is 0.571. The Morgan fingerprint density at radius 2 is 1.90 bits per heavy atom. The van der Waals surface area contributed by atoms with Crippen molar-refractivity contribution in [2.75, 3.05) is 6.61 Å². The second kappa shape index (κ2) is 7.85. The summed E-state index contributed by atoms with van der Waals surface area (Å²) < 4.78 is 43.2. The first-order valence-corrected chi connectivity index (χ1v) is 6.91. The van der Waals surface area contributed by atoms with Crippen LogP contribution >= 0.6 is 0 Å². The highest BCUT2D eigenvalue weighted by Crippen LogP contribution is 2.30. The third-order valence-corrected chi connectivity index (χ3v) is 2.93. The van der Waals surface area contributed by atoms with Gasteiger partial charge in [-0.15, -0.1) is 0 Å². The Kier molecular flexibility index (Phi) is 6.45. The number of nitrogens with zero attached hydrogens (tertiary/aromatic N) is 1. The van der Waals surface area contributed by atoms with E-state index in [1.165, 1.54) is 0 Å². The lowest BCUT2D eigenvalue weighted by molar-refractivity contribution is -0.141. The normalized spacial score (nSPS) is 11.4. The first kappa shape index (κ1) is 17.3. The zero-order valence-corrected chi connectivity index (χ0v) is 12.0. The fourth-order valence-corrected chi connectivity index (χ4v) is 1.79.